The van der Waals surface area contributed by atoms with E-state index in [1.165, 1.54) is 6.42 Å². The van der Waals surface area contributed by atoms with Gasteiger partial charge >= 0.3 is 0 Å². The Morgan fingerprint density at radius 3 is 2.23 bits per heavy atom. The summed E-state index contributed by atoms with van der Waals surface area (Å²) in [7, 11) is 2.14. The first-order chi connectivity index (χ1) is 5.99. The van der Waals surface area contributed by atoms with Crippen LogP contribution >= 0.6 is 0 Å². The van der Waals surface area contributed by atoms with E-state index in [9.17, 15) is 5.11 Å². The molecule has 0 aromatic heterocycles. The summed E-state index contributed by atoms with van der Waals surface area (Å²) >= 11 is 0. The van der Waals surface area contributed by atoms with Crippen LogP contribution in [0.5, 0.6) is 0 Å². The first kappa shape index (κ1) is 12.9. The molecule has 0 saturated carbocycles. The molecule has 2 nitrogen and oxygen atoms in total. The second-order valence-electron chi connectivity index (χ2n) is 4.49. The maximum absolute atomic E-state index is 9.26. The van der Waals surface area contributed by atoms with Gasteiger partial charge in [0.2, 0.25) is 0 Å². The smallest absolute Gasteiger partial charge is 0.0496 e. The first-order valence-corrected chi connectivity index (χ1v) is 5.30. The lowest BCUT2D eigenvalue weighted by Gasteiger charge is -2.34. The normalized spacial score (nSPS) is 18.7. The predicted molar refractivity (Wildman–Crippen MR) is 57.9 cm³/mol. The highest BCUT2D eigenvalue weighted by Gasteiger charge is 2.24. The topological polar surface area (TPSA) is 23.5 Å². The number of hydrogen-bond donors (Lipinski definition) is 1. The van der Waals surface area contributed by atoms with Crippen molar-refractivity contribution in [1.29, 1.82) is 0 Å². The summed E-state index contributed by atoms with van der Waals surface area (Å²) < 4.78 is 0. The highest BCUT2D eigenvalue weighted by Crippen LogP contribution is 2.22. The van der Waals surface area contributed by atoms with Crippen molar-refractivity contribution in [3.05, 3.63) is 0 Å². The van der Waals surface area contributed by atoms with Gasteiger partial charge in [-0.15, -0.1) is 0 Å². The van der Waals surface area contributed by atoms with Crippen LogP contribution in [0.15, 0.2) is 0 Å². The van der Waals surface area contributed by atoms with E-state index in [4.69, 9.17) is 0 Å². The second kappa shape index (κ2) is 5.61. The fraction of sp³-hybridized carbons (Fsp3) is 1.00. The van der Waals surface area contributed by atoms with Gasteiger partial charge in [-0.3, -0.25) is 0 Å². The number of nitrogens with zero attached hydrogens (tertiary/aromatic N) is 1. The molecule has 0 bridgehead atoms. The van der Waals surface area contributed by atoms with Crippen LogP contribution in [-0.2, 0) is 0 Å². The average Bonchev–Trinajstić information content (AvgIpc) is 2.16. The van der Waals surface area contributed by atoms with Gasteiger partial charge in [-0.2, -0.15) is 0 Å². The Bertz CT molecular complexity index is 132. The highest BCUT2D eigenvalue weighted by molar-refractivity contribution is 4.77. The van der Waals surface area contributed by atoms with Gasteiger partial charge in [-0.1, -0.05) is 20.8 Å². The number of hydrogen-bond acceptors (Lipinski definition) is 2. The summed E-state index contributed by atoms with van der Waals surface area (Å²) in [4.78, 5) is 2.33. The molecule has 0 heterocycles. The standard InChI is InChI=1S/C11H25NO/c1-6-10(3)12(5)8-11(4,7-2)9-13/h10,13H,6-9H2,1-5H3. The Labute approximate surface area is 82.9 Å². The van der Waals surface area contributed by atoms with Crippen molar-refractivity contribution < 1.29 is 5.11 Å². The number of aliphatic hydroxyl groups excluding tert-OH is 1. The third kappa shape index (κ3) is 4.10. The molecular formula is C11H25NO. The van der Waals surface area contributed by atoms with Crippen LogP contribution in [0.1, 0.15) is 40.5 Å². The summed E-state index contributed by atoms with van der Waals surface area (Å²) in [5.41, 5.74) is 0.0676. The zero-order chi connectivity index (χ0) is 10.5. The van der Waals surface area contributed by atoms with Crippen LogP contribution in [0.4, 0.5) is 0 Å². The molecule has 2 unspecified atom stereocenters. The van der Waals surface area contributed by atoms with Crippen LogP contribution in [0.2, 0.25) is 0 Å². The Morgan fingerprint density at radius 1 is 1.38 bits per heavy atom. The fourth-order valence-corrected chi connectivity index (χ4v) is 1.34. The quantitative estimate of drug-likeness (QED) is 0.688. The molecule has 0 rings (SSSR count). The van der Waals surface area contributed by atoms with E-state index in [2.05, 4.69) is 39.6 Å². The maximum atomic E-state index is 9.26. The summed E-state index contributed by atoms with van der Waals surface area (Å²) in [5, 5.41) is 9.26. The van der Waals surface area contributed by atoms with E-state index in [1.807, 2.05) is 0 Å². The molecular weight excluding hydrogens is 162 g/mol. The summed E-state index contributed by atoms with van der Waals surface area (Å²) in [5.74, 6) is 0. The molecule has 0 aromatic carbocycles. The molecule has 80 valence electrons. The van der Waals surface area contributed by atoms with Gasteiger partial charge in [0, 0.05) is 24.6 Å². The van der Waals surface area contributed by atoms with E-state index >= 15 is 0 Å². The predicted octanol–water partition coefficient (Wildman–Crippen LogP) is 2.13. The van der Waals surface area contributed by atoms with Crippen molar-refractivity contribution in [1.82, 2.24) is 4.90 Å². The van der Waals surface area contributed by atoms with Crippen molar-refractivity contribution in [2.75, 3.05) is 20.2 Å². The monoisotopic (exact) mass is 187 g/mol. The fourth-order valence-electron chi connectivity index (χ4n) is 1.34. The van der Waals surface area contributed by atoms with Crippen molar-refractivity contribution in [2.24, 2.45) is 5.41 Å². The van der Waals surface area contributed by atoms with Gasteiger partial charge in [0.1, 0.15) is 0 Å². The molecule has 0 radical (unpaired) electrons. The lowest BCUT2D eigenvalue weighted by molar-refractivity contribution is 0.0800. The van der Waals surface area contributed by atoms with E-state index in [0.717, 1.165) is 13.0 Å². The number of aliphatic hydroxyl groups is 1. The molecule has 13 heavy (non-hydrogen) atoms. The molecule has 1 N–H and O–H groups in total. The lowest BCUT2D eigenvalue weighted by atomic mass is 9.87. The molecule has 0 spiro atoms. The van der Waals surface area contributed by atoms with Crippen molar-refractivity contribution in [2.45, 2.75) is 46.6 Å². The summed E-state index contributed by atoms with van der Waals surface area (Å²) in [6.45, 7) is 9.97. The third-order valence-electron chi connectivity index (χ3n) is 3.21. The third-order valence-corrected chi connectivity index (χ3v) is 3.21. The minimum absolute atomic E-state index is 0.0676. The van der Waals surface area contributed by atoms with Crippen LogP contribution in [-0.4, -0.2) is 36.2 Å². The molecule has 0 aliphatic carbocycles. The van der Waals surface area contributed by atoms with Gasteiger partial charge < -0.3 is 10.0 Å². The molecule has 0 aromatic rings. The molecule has 0 aliphatic rings. The Balaban J connectivity index is 4.08. The van der Waals surface area contributed by atoms with E-state index in [-0.39, 0.29) is 12.0 Å². The van der Waals surface area contributed by atoms with Crippen LogP contribution in [0, 0.1) is 5.41 Å². The average molecular weight is 187 g/mol. The molecule has 0 amide bonds. The summed E-state index contributed by atoms with van der Waals surface area (Å²) in [6, 6.07) is 0.609. The zero-order valence-corrected chi connectivity index (χ0v) is 9.80. The van der Waals surface area contributed by atoms with Gasteiger partial charge in [-0.25, -0.2) is 0 Å². The van der Waals surface area contributed by atoms with Gasteiger partial charge in [-0.05, 0) is 26.8 Å². The van der Waals surface area contributed by atoms with Crippen LogP contribution in [0.25, 0.3) is 0 Å². The van der Waals surface area contributed by atoms with Gasteiger partial charge in [0.25, 0.3) is 0 Å². The molecule has 2 heteroatoms. The Kier molecular flexibility index (Phi) is 5.57. The summed E-state index contributed by atoms with van der Waals surface area (Å²) in [6.07, 6.45) is 2.20. The maximum Gasteiger partial charge on any atom is 0.0496 e. The lowest BCUT2D eigenvalue weighted by Crippen LogP contribution is -2.40. The van der Waals surface area contributed by atoms with Crippen LogP contribution in [0.3, 0.4) is 0 Å². The van der Waals surface area contributed by atoms with E-state index < -0.39 is 0 Å². The highest BCUT2D eigenvalue weighted by atomic mass is 16.3. The SMILES string of the molecule is CCC(C)N(C)CC(C)(CC)CO. The first-order valence-electron chi connectivity index (χ1n) is 5.30. The Hall–Kier alpha value is -0.0800. The molecule has 0 aliphatic heterocycles. The van der Waals surface area contributed by atoms with Gasteiger partial charge in [0.15, 0.2) is 0 Å². The molecule has 0 fully saturated rings. The van der Waals surface area contributed by atoms with Crippen LogP contribution < -0.4 is 0 Å². The van der Waals surface area contributed by atoms with E-state index in [0.29, 0.717) is 6.04 Å². The minimum Gasteiger partial charge on any atom is -0.396 e. The van der Waals surface area contributed by atoms with Crippen molar-refractivity contribution in [3.8, 4) is 0 Å². The number of rotatable bonds is 6. The molecule has 0 saturated heterocycles. The van der Waals surface area contributed by atoms with Crippen molar-refractivity contribution in [3.63, 3.8) is 0 Å². The minimum atomic E-state index is 0.0676. The Morgan fingerprint density at radius 2 is 1.92 bits per heavy atom. The second-order valence-corrected chi connectivity index (χ2v) is 4.49. The van der Waals surface area contributed by atoms with Crippen molar-refractivity contribution >= 4 is 0 Å². The van der Waals surface area contributed by atoms with Gasteiger partial charge in [0.05, 0.1) is 0 Å². The largest absolute Gasteiger partial charge is 0.396 e. The molecule has 2 atom stereocenters. The zero-order valence-electron chi connectivity index (χ0n) is 9.80. The van der Waals surface area contributed by atoms with E-state index in [1.54, 1.807) is 0 Å².